The minimum absolute atomic E-state index is 0.00904. The Balaban J connectivity index is 1.86. The molecule has 0 spiro atoms. The van der Waals surface area contributed by atoms with Crippen LogP contribution in [0.2, 0.25) is 5.02 Å². The largest absolute Gasteiger partial charge is 0.481 e. The smallest absolute Gasteiger partial charge is 0.258 e. The molecular formula is C14H16ClFN2O2. The molecule has 1 aromatic carbocycles. The molecule has 1 unspecified atom stereocenters. The first kappa shape index (κ1) is 14.7. The van der Waals surface area contributed by atoms with Gasteiger partial charge in [-0.2, -0.15) is 0 Å². The second-order valence-electron chi connectivity index (χ2n) is 4.93. The summed E-state index contributed by atoms with van der Waals surface area (Å²) in [6, 6.07) is 4.05. The zero-order valence-corrected chi connectivity index (χ0v) is 12.1. The minimum Gasteiger partial charge on any atom is -0.481 e. The van der Waals surface area contributed by atoms with Crippen LogP contribution in [0, 0.1) is 5.82 Å². The van der Waals surface area contributed by atoms with Crippen LogP contribution in [0.1, 0.15) is 13.3 Å². The number of amides is 1. The molecule has 20 heavy (non-hydrogen) atoms. The Labute approximate surface area is 121 Å². The van der Waals surface area contributed by atoms with E-state index in [4.69, 9.17) is 16.3 Å². The van der Waals surface area contributed by atoms with E-state index in [-0.39, 0.29) is 28.8 Å². The second-order valence-corrected chi connectivity index (χ2v) is 5.36. The molecule has 4 nitrogen and oxygen atoms in total. The molecule has 0 fully saturated rings. The molecule has 2 N–H and O–H groups in total. The molecule has 0 bridgehead atoms. The van der Waals surface area contributed by atoms with Crippen molar-refractivity contribution in [2.75, 3.05) is 13.7 Å². The van der Waals surface area contributed by atoms with Crippen LogP contribution in [-0.4, -0.2) is 25.1 Å². The van der Waals surface area contributed by atoms with E-state index < -0.39 is 5.82 Å². The van der Waals surface area contributed by atoms with Gasteiger partial charge in [0.05, 0.1) is 5.54 Å². The fourth-order valence-electron chi connectivity index (χ4n) is 2.08. The van der Waals surface area contributed by atoms with Crippen LogP contribution in [0.25, 0.3) is 0 Å². The zero-order valence-electron chi connectivity index (χ0n) is 11.3. The van der Waals surface area contributed by atoms with Gasteiger partial charge in [-0.25, -0.2) is 4.39 Å². The molecule has 0 aliphatic heterocycles. The maximum atomic E-state index is 13.5. The fourth-order valence-corrected chi connectivity index (χ4v) is 2.24. The highest BCUT2D eigenvalue weighted by molar-refractivity contribution is 6.30. The van der Waals surface area contributed by atoms with Gasteiger partial charge in [-0.1, -0.05) is 11.6 Å². The van der Waals surface area contributed by atoms with Crippen molar-refractivity contribution in [3.8, 4) is 5.75 Å². The van der Waals surface area contributed by atoms with Gasteiger partial charge in [-0.15, -0.1) is 0 Å². The molecule has 1 aliphatic carbocycles. The molecule has 6 heteroatoms. The summed E-state index contributed by atoms with van der Waals surface area (Å²) in [5.74, 6) is -0.874. The number of ether oxygens (including phenoxy) is 1. The Bertz CT molecular complexity index is 562. The van der Waals surface area contributed by atoms with Crippen LogP contribution in [0.3, 0.4) is 0 Å². The number of benzene rings is 1. The highest BCUT2D eigenvalue weighted by Gasteiger charge is 2.33. The molecule has 0 heterocycles. The predicted octanol–water partition coefficient (Wildman–Crippen LogP) is 2.24. The zero-order chi connectivity index (χ0) is 14.8. The monoisotopic (exact) mass is 298 g/mol. The third-order valence-electron chi connectivity index (χ3n) is 3.05. The Morgan fingerprint density at radius 1 is 1.55 bits per heavy atom. The fraction of sp³-hybridized carbons (Fsp3) is 0.357. The summed E-state index contributed by atoms with van der Waals surface area (Å²) in [4.78, 5) is 11.8. The average molecular weight is 299 g/mol. The predicted molar refractivity (Wildman–Crippen MR) is 75.2 cm³/mol. The van der Waals surface area contributed by atoms with E-state index in [9.17, 15) is 9.18 Å². The number of rotatable bonds is 5. The van der Waals surface area contributed by atoms with Gasteiger partial charge >= 0.3 is 0 Å². The average Bonchev–Trinajstić information content (AvgIpc) is 2.34. The third-order valence-corrected chi connectivity index (χ3v) is 3.28. The summed E-state index contributed by atoms with van der Waals surface area (Å²) in [6.45, 7) is 1.67. The molecule has 108 valence electrons. The van der Waals surface area contributed by atoms with E-state index in [0.29, 0.717) is 0 Å². The maximum Gasteiger partial charge on any atom is 0.258 e. The van der Waals surface area contributed by atoms with Gasteiger partial charge in [0.1, 0.15) is 0 Å². The highest BCUT2D eigenvalue weighted by Crippen LogP contribution is 2.27. The topological polar surface area (TPSA) is 50.4 Å². The van der Waals surface area contributed by atoms with Crippen LogP contribution < -0.4 is 15.4 Å². The lowest BCUT2D eigenvalue weighted by atomic mass is 9.84. The first-order chi connectivity index (χ1) is 9.42. The van der Waals surface area contributed by atoms with Crippen molar-refractivity contribution in [2.24, 2.45) is 0 Å². The quantitative estimate of drug-likeness (QED) is 0.876. The Hall–Kier alpha value is -1.75. The summed E-state index contributed by atoms with van der Waals surface area (Å²) in [5.41, 5.74) is 0.717. The Morgan fingerprint density at radius 2 is 2.25 bits per heavy atom. The molecule has 0 saturated carbocycles. The first-order valence-corrected chi connectivity index (χ1v) is 6.58. The SMILES string of the molecule is CNC1=CC(C)(NC(=O)COc2ccc(Cl)cc2F)C1. The molecule has 1 amide bonds. The van der Waals surface area contributed by atoms with Crippen molar-refractivity contribution in [1.29, 1.82) is 0 Å². The van der Waals surface area contributed by atoms with Crippen LogP contribution in [0.15, 0.2) is 30.0 Å². The van der Waals surface area contributed by atoms with E-state index >= 15 is 0 Å². The van der Waals surface area contributed by atoms with Crippen molar-refractivity contribution < 1.29 is 13.9 Å². The van der Waals surface area contributed by atoms with Gasteiger partial charge in [-0.3, -0.25) is 4.79 Å². The van der Waals surface area contributed by atoms with Crippen molar-refractivity contribution in [3.63, 3.8) is 0 Å². The number of nitrogens with one attached hydrogen (secondary N) is 2. The van der Waals surface area contributed by atoms with E-state index in [0.717, 1.165) is 18.2 Å². The van der Waals surface area contributed by atoms with Crippen LogP contribution in [-0.2, 0) is 4.79 Å². The van der Waals surface area contributed by atoms with Gasteiger partial charge in [-0.05, 0) is 31.2 Å². The molecule has 0 radical (unpaired) electrons. The van der Waals surface area contributed by atoms with Crippen LogP contribution >= 0.6 is 11.6 Å². The summed E-state index contributed by atoms with van der Waals surface area (Å²) in [5, 5.41) is 6.13. The Morgan fingerprint density at radius 3 is 2.85 bits per heavy atom. The maximum absolute atomic E-state index is 13.5. The molecule has 2 rings (SSSR count). The normalized spacial score (nSPS) is 20.7. The van der Waals surface area contributed by atoms with Gasteiger partial charge in [0.25, 0.3) is 5.91 Å². The second kappa shape index (κ2) is 5.71. The summed E-state index contributed by atoms with van der Waals surface area (Å²) >= 11 is 5.63. The molecule has 0 saturated heterocycles. The number of carbonyl (C=O) groups is 1. The molecular weight excluding hydrogens is 283 g/mol. The summed E-state index contributed by atoms with van der Waals surface area (Å²) < 4.78 is 18.6. The van der Waals surface area contributed by atoms with E-state index in [1.54, 1.807) is 0 Å². The lowest BCUT2D eigenvalue weighted by Gasteiger charge is -2.37. The van der Waals surface area contributed by atoms with E-state index in [2.05, 4.69) is 10.6 Å². The standard InChI is InChI=1S/C14H16ClFN2O2/c1-14(6-10(7-14)17-2)18-13(19)8-20-12-4-3-9(15)5-11(12)16/h3-6,17H,7-8H2,1-2H3,(H,18,19). The van der Waals surface area contributed by atoms with Crippen LogP contribution in [0.5, 0.6) is 5.75 Å². The number of hydrogen-bond acceptors (Lipinski definition) is 3. The van der Waals surface area contributed by atoms with Gasteiger partial charge in [0.15, 0.2) is 18.2 Å². The van der Waals surface area contributed by atoms with E-state index in [1.807, 2.05) is 20.0 Å². The van der Waals surface area contributed by atoms with E-state index in [1.165, 1.54) is 12.1 Å². The minimum atomic E-state index is -0.586. The van der Waals surface area contributed by atoms with Crippen molar-refractivity contribution >= 4 is 17.5 Å². The lowest BCUT2D eigenvalue weighted by molar-refractivity contribution is -0.124. The summed E-state index contributed by atoms with van der Waals surface area (Å²) in [7, 11) is 1.83. The molecule has 1 atom stereocenters. The van der Waals surface area contributed by atoms with Crippen molar-refractivity contribution in [3.05, 3.63) is 40.8 Å². The first-order valence-electron chi connectivity index (χ1n) is 6.20. The number of carbonyl (C=O) groups excluding carboxylic acids is 1. The van der Waals surface area contributed by atoms with Crippen molar-refractivity contribution in [2.45, 2.75) is 18.9 Å². The molecule has 0 aromatic heterocycles. The third kappa shape index (κ3) is 3.42. The number of hydrogen-bond donors (Lipinski definition) is 2. The van der Waals surface area contributed by atoms with Crippen molar-refractivity contribution in [1.82, 2.24) is 10.6 Å². The molecule has 1 aliphatic rings. The van der Waals surface area contributed by atoms with Gasteiger partial charge in [0.2, 0.25) is 0 Å². The number of halogens is 2. The van der Waals surface area contributed by atoms with Gasteiger partial charge in [0, 0.05) is 24.2 Å². The Kier molecular flexibility index (Phi) is 4.18. The summed E-state index contributed by atoms with van der Waals surface area (Å²) in [6.07, 6.45) is 2.68. The molecule has 1 aromatic rings. The lowest BCUT2D eigenvalue weighted by Crippen LogP contribution is -2.52. The van der Waals surface area contributed by atoms with Gasteiger partial charge < -0.3 is 15.4 Å². The van der Waals surface area contributed by atoms with Crippen LogP contribution in [0.4, 0.5) is 4.39 Å². The highest BCUT2D eigenvalue weighted by atomic mass is 35.5.